The van der Waals surface area contributed by atoms with Crippen molar-refractivity contribution < 1.29 is 14.4 Å². The molecule has 0 unspecified atom stereocenters. The van der Waals surface area contributed by atoms with Crippen LogP contribution in [0.5, 0.6) is 0 Å². The second kappa shape index (κ2) is 5.81. The van der Waals surface area contributed by atoms with E-state index in [9.17, 15) is 9.59 Å². The summed E-state index contributed by atoms with van der Waals surface area (Å²) >= 11 is 1.16. The van der Waals surface area contributed by atoms with Crippen LogP contribution in [0.25, 0.3) is 0 Å². The highest BCUT2D eigenvalue weighted by Crippen LogP contribution is 2.15. The zero-order chi connectivity index (χ0) is 12.0. The molecule has 1 rings (SSSR count). The Bertz CT molecular complexity index is 415. The van der Waals surface area contributed by atoms with Gasteiger partial charge < -0.3 is 15.9 Å². The number of nitrogens with one attached hydrogen (secondary N) is 1. The van der Waals surface area contributed by atoms with E-state index in [4.69, 9.17) is 10.6 Å². The molecular formula is C8H10N4O3S. The number of oxime groups is 1. The summed E-state index contributed by atoms with van der Waals surface area (Å²) in [5, 5.41) is 7.82. The average Bonchev–Trinajstić information content (AvgIpc) is 2.67. The van der Waals surface area contributed by atoms with E-state index in [0.29, 0.717) is 18.1 Å². The van der Waals surface area contributed by atoms with Gasteiger partial charge in [0.05, 0.1) is 0 Å². The van der Waals surface area contributed by atoms with Crippen molar-refractivity contribution in [3.8, 4) is 0 Å². The summed E-state index contributed by atoms with van der Waals surface area (Å²) in [6.45, 7) is 2.04. The second-order valence-electron chi connectivity index (χ2n) is 2.52. The molecule has 1 aromatic heterocycles. The summed E-state index contributed by atoms with van der Waals surface area (Å²) < 4.78 is 0. The largest absolute Gasteiger partial charge is 0.395 e. The van der Waals surface area contributed by atoms with Gasteiger partial charge in [0.25, 0.3) is 5.91 Å². The molecule has 0 atom stereocenters. The third-order valence-electron chi connectivity index (χ3n) is 1.45. The molecule has 2 amide bonds. The topological polar surface area (TPSA) is 107 Å². The normalized spacial score (nSPS) is 10.9. The Morgan fingerprint density at radius 1 is 1.81 bits per heavy atom. The Hall–Kier alpha value is -1.96. The molecule has 0 saturated carbocycles. The number of hydrogen-bond acceptors (Lipinski definition) is 6. The van der Waals surface area contributed by atoms with E-state index >= 15 is 0 Å². The summed E-state index contributed by atoms with van der Waals surface area (Å²) in [7, 11) is 0. The third kappa shape index (κ3) is 3.02. The number of amides is 2. The Balaban J connectivity index is 2.92. The average molecular weight is 242 g/mol. The van der Waals surface area contributed by atoms with Crippen molar-refractivity contribution in [1.82, 2.24) is 4.98 Å². The van der Waals surface area contributed by atoms with Gasteiger partial charge >= 0.3 is 0 Å². The molecule has 0 bridgehead atoms. The summed E-state index contributed by atoms with van der Waals surface area (Å²) in [6, 6.07) is 0. The van der Waals surface area contributed by atoms with Crippen LogP contribution in [0.15, 0.2) is 10.5 Å². The van der Waals surface area contributed by atoms with Gasteiger partial charge in [-0.15, -0.1) is 11.3 Å². The third-order valence-corrected chi connectivity index (χ3v) is 2.22. The number of anilines is 1. The molecule has 16 heavy (non-hydrogen) atoms. The van der Waals surface area contributed by atoms with Crippen LogP contribution in [-0.2, 0) is 14.4 Å². The van der Waals surface area contributed by atoms with Crippen LogP contribution in [-0.4, -0.2) is 29.6 Å². The number of primary amides is 1. The smallest absolute Gasteiger partial charge is 0.273 e. The fourth-order valence-electron chi connectivity index (χ4n) is 0.846. The van der Waals surface area contributed by atoms with E-state index in [1.165, 1.54) is 0 Å². The van der Waals surface area contributed by atoms with E-state index in [0.717, 1.165) is 11.3 Å². The number of nitrogens with two attached hydrogens (primary N) is 1. The molecule has 0 aliphatic rings. The molecule has 0 aliphatic heterocycles. The van der Waals surface area contributed by atoms with Gasteiger partial charge in [0.15, 0.2) is 10.8 Å². The van der Waals surface area contributed by atoms with Crippen molar-refractivity contribution in [2.75, 3.05) is 11.9 Å². The molecule has 0 spiro atoms. The quantitative estimate of drug-likeness (QED) is 0.414. The molecule has 3 N–H and O–H groups in total. The molecule has 1 heterocycles. The van der Waals surface area contributed by atoms with Crippen LogP contribution in [0.1, 0.15) is 12.6 Å². The second-order valence-corrected chi connectivity index (χ2v) is 3.38. The lowest BCUT2D eigenvalue weighted by molar-refractivity contribution is -0.112. The molecule has 0 saturated heterocycles. The SMILES string of the molecule is CCON=C(C(N)=O)c1csc(NC=O)n1. The summed E-state index contributed by atoms with van der Waals surface area (Å²) in [5.74, 6) is -0.739. The summed E-state index contributed by atoms with van der Waals surface area (Å²) in [6.07, 6.45) is 0.492. The number of hydrogen-bond donors (Lipinski definition) is 2. The van der Waals surface area contributed by atoms with Crippen molar-refractivity contribution in [2.24, 2.45) is 10.9 Å². The highest BCUT2D eigenvalue weighted by atomic mass is 32.1. The predicted molar refractivity (Wildman–Crippen MR) is 59.2 cm³/mol. The standard InChI is InChI=1S/C8H10N4O3S/c1-2-15-12-6(7(9)14)5-3-16-8(11-5)10-4-13/h3-4H,2H2,1H3,(H2,9,14)(H,10,11,13). The van der Waals surface area contributed by atoms with Crippen LogP contribution in [0.3, 0.4) is 0 Å². The van der Waals surface area contributed by atoms with E-state index in [-0.39, 0.29) is 11.4 Å². The first-order valence-electron chi connectivity index (χ1n) is 4.34. The molecule has 0 aliphatic carbocycles. The fourth-order valence-corrected chi connectivity index (χ4v) is 1.50. The van der Waals surface area contributed by atoms with Crippen LogP contribution >= 0.6 is 11.3 Å². The van der Waals surface area contributed by atoms with Crippen molar-refractivity contribution in [1.29, 1.82) is 0 Å². The fraction of sp³-hybridized carbons (Fsp3) is 0.250. The molecular weight excluding hydrogens is 232 g/mol. The summed E-state index contributed by atoms with van der Waals surface area (Å²) in [5.41, 5.74) is 5.32. The lowest BCUT2D eigenvalue weighted by Gasteiger charge is -1.97. The van der Waals surface area contributed by atoms with Crippen LogP contribution in [0.2, 0.25) is 0 Å². The van der Waals surface area contributed by atoms with Gasteiger partial charge in [-0.3, -0.25) is 9.59 Å². The van der Waals surface area contributed by atoms with Crippen LogP contribution in [0.4, 0.5) is 5.13 Å². The number of rotatable bonds is 6. The summed E-state index contributed by atoms with van der Waals surface area (Å²) in [4.78, 5) is 29.9. The Labute approximate surface area is 95.3 Å². The molecule has 0 radical (unpaired) electrons. The maximum Gasteiger partial charge on any atom is 0.273 e. The Morgan fingerprint density at radius 2 is 2.56 bits per heavy atom. The molecule has 0 aromatic carbocycles. The van der Waals surface area contributed by atoms with Gasteiger partial charge in [-0.2, -0.15) is 0 Å². The minimum absolute atomic E-state index is 0.0722. The van der Waals surface area contributed by atoms with Gasteiger partial charge in [-0.05, 0) is 6.92 Å². The van der Waals surface area contributed by atoms with Crippen molar-refractivity contribution in [3.05, 3.63) is 11.1 Å². The monoisotopic (exact) mass is 242 g/mol. The molecule has 1 aromatic rings. The first-order chi connectivity index (χ1) is 7.69. The van der Waals surface area contributed by atoms with Crippen molar-refractivity contribution in [3.63, 3.8) is 0 Å². The minimum Gasteiger partial charge on any atom is -0.395 e. The Morgan fingerprint density at radius 3 is 3.12 bits per heavy atom. The first kappa shape index (κ1) is 12.1. The molecule has 86 valence electrons. The van der Waals surface area contributed by atoms with E-state index in [2.05, 4.69) is 15.5 Å². The van der Waals surface area contributed by atoms with Crippen molar-refractivity contribution in [2.45, 2.75) is 6.92 Å². The molecule has 8 heteroatoms. The van der Waals surface area contributed by atoms with Crippen LogP contribution < -0.4 is 11.1 Å². The van der Waals surface area contributed by atoms with E-state index in [1.54, 1.807) is 12.3 Å². The van der Waals surface area contributed by atoms with Crippen molar-refractivity contribution >= 4 is 34.5 Å². The lowest BCUT2D eigenvalue weighted by Crippen LogP contribution is -2.25. The van der Waals surface area contributed by atoms with E-state index < -0.39 is 5.91 Å². The maximum absolute atomic E-state index is 11.1. The number of carbonyl (C=O) groups is 2. The van der Waals surface area contributed by atoms with Gasteiger partial charge in [0.1, 0.15) is 12.3 Å². The first-order valence-corrected chi connectivity index (χ1v) is 5.22. The minimum atomic E-state index is -0.739. The van der Waals surface area contributed by atoms with Gasteiger partial charge in [-0.1, -0.05) is 5.16 Å². The molecule has 7 nitrogen and oxygen atoms in total. The zero-order valence-electron chi connectivity index (χ0n) is 8.47. The number of thiazole rings is 1. The Kier molecular flexibility index (Phi) is 4.40. The number of nitrogens with zero attached hydrogens (tertiary/aromatic N) is 2. The van der Waals surface area contributed by atoms with Gasteiger partial charge in [-0.25, -0.2) is 4.98 Å². The number of carbonyl (C=O) groups excluding carboxylic acids is 2. The van der Waals surface area contributed by atoms with Gasteiger partial charge in [0.2, 0.25) is 6.41 Å². The van der Waals surface area contributed by atoms with Crippen LogP contribution in [0, 0.1) is 0 Å². The maximum atomic E-state index is 11.1. The highest BCUT2D eigenvalue weighted by molar-refractivity contribution is 7.14. The number of aromatic nitrogens is 1. The predicted octanol–water partition coefficient (Wildman–Crippen LogP) is -0.0627. The lowest BCUT2D eigenvalue weighted by atomic mass is 10.3. The molecule has 0 fully saturated rings. The zero-order valence-corrected chi connectivity index (χ0v) is 9.28. The van der Waals surface area contributed by atoms with E-state index in [1.807, 2.05) is 0 Å². The van der Waals surface area contributed by atoms with Gasteiger partial charge in [0, 0.05) is 5.38 Å². The highest BCUT2D eigenvalue weighted by Gasteiger charge is 2.15.